The number of nitrogens with zero attached hydrogens (tertiary/aromatic N) is 5. The first-order valence-electron chi connectivity index (χ1n) is 12.0. The summed E-state index contributed by atoms with van der Waals surface area (Å²) in [6.45, 7) is 2.57. The largest absolute Gasteiger partial charge is 0.304 e. The average Bonchev–Trinajstić information content (AvgIpc) is 3.21. The minimum absolute atomic E-state index is 0.0160. The fourth-order valence-corrected chi connectivity index (χ4v) is 4.84. The molecule has 0 spiro atoms. The maximum atomic E-state index is 13.9. The third-order valence-electron chi connectivity index (χ3n) is 6.70. The van der Waals surface area contributed by atoms with Gasteiger partial charge in [0.1, 0.15) is 17.2 Å². The van der Waals surface area contributed by atoms with Gasteiger partial charge in [0.15, 0.2) is 11.3 Å². The zero-order valence-corrected chi connectivity index (χ0v) is 20.6. The smallest absolute Gasteiger partial charge is 0.265 e. The molecule has 0 saturated heterocycles. The Morgan fingerprint density at radius 1 is 0.833 bits per heavy atom. The number of rotatable bonds is 6. The second-order valence-corrected chi connectivity index (χ2v) is 9.56. The van der Waals surface area contributed by atoms with Crippen molar-refractivity contribution in [1.29, 1.82) is 0 Å². The van der Waals surface area contributed by atoms with Crippen LogP contribution >= 0.6 is 11.6 Å². The van der Waals surface area contributed by atoms with E-state index < -0.39 is 0 Å². The lowest BCUT2D eigenvalue weighted by atomic mass is 10.1. The minimum Gasteiger partial charge on any atom is -0.304 e. The second-order valence-electron chi connectivity index (χ2n) is 9.13. The summed E-state index contributed by atoms with van der Waals surface area (Å²) < 4.78 is 3.71. The first-order valence-corrected chi connectivity index (χ1v) is 12.4. The van der Waals surface area contributed by atoms with E-state index in [1.54, 1.807) is 10.9 Å². The van der Waals surface area contributed by atoms with Crippen molar-refractivity contribution in [3.05, 3.63) is 112 Å². The second kappa shape index (κ2) is 9.21. The van der Waals surface area contributed by atoms with Gasteiger partial charge >= 0.3 is 0 Å². The van der Waals surface area contributed by atoms with Crippen LogP contribution < -0.4 is 5.56 Å². The van der Waals surface area contributed by atoms with Crippen molar-refractivity contribution in [3.63, 3.8) is 0 Å². The highest BCUT2D eigenvalue weighted by Crippen LogP contribution is 2.27. The standard InChI is InChI=1S/C29H24ClN5O/c1-19(11-12-20-7-3-2-4-8-20)35-18-31-27-25(29(35)36)26-28(33-24-10-6-5-9-23(24)32-26)34(27)17-21-13-15-22(30)16-14-21/h2-10,13-16,18-19H,11-12,17H2,1H3/t19-/m0/s1. The monoisotopic (exact) mass is 493 g/mol. The molecule has 0 fully saturated rings. The van der Waals surface area contributed by atoms with Crippen LogP contribution in [0.4, 0.5) is 0 Å². The Morgan fingerprint density at radius 2 is 1.53 bits per heavy atom. The maximum Gasteiger partial charge on any atom is 0.265 e. The van der Waals surface area contributed by atoms with Crippen LogP contribution in [0.3, 0.4) is 0 Å². The molecular weight excluding hydrogens is 470 g/mol. The SMILES string of the molecule is C[C@@H](CCc1ccccc1)n1cnc2c(c1=O)c1nc3ccccc3nc1n2Cc1ccc(Cl)cc1. The van der Waals surface area contributed by atoms with Gasteiger partial charge in [-0.05, 0) is 55.2 Å². The van der Waals surface area contributed by atoms with Crippen molar-refractivity contribution in [2.24, 2.45) is 0 Å². The molecule has 3 heterocycles. The van der Waals surface area contributed by atoms with E-state index in [1.165, 1.54) is 5.56 Å². The molecule has 0 unspecified atom stereocenters. The van der Waals surface area contributed by atoms with Gasteiger partial charge in [0, 0.05) is 11.1 Å². The third-order valence-corrected chi connectivity index (χ3v) is 6.95. The Bertz CT molecular complexity index is 1760. The van der Waals surface area contributed by atoms with Crippen molar-refractivity contribution >= 4 is 44.8 Å². The number of fused-ring (bicyclic) bond motifs is 4. The topological polar surface area (TPSA) is 65.6 Å². The van der Waals surface area contributed by atoms with Gasteiger partial charge in [-0.2, -0.15) is 0 Å². The van der Waals surface area contributed by atoms with Crippen molar-refractivity contribution < 1.29 is 0 Å². The van der Waals surface area contributed by atoms with Gasteiger partial charge < -0.3 is 4.57 Å². The molecule has 7 heteroatoms. The first kappa shape index (κ1) is 22.4. The van der Waals surface area contributed by atoms with Gasteiger partial charge in [-0.25, -0.2) is 15.0 Å². The molecular formula is C29H24ClN5O. The molecule has 6 aromatic rings. The number of aromatic nitrogens is 5. The predicted molar refractivity (Wildman–Crippen MR) is 145 cm³/mol. The fourth-order valence-electron chi connectivity index (χ4n) is 4.71. The molecule has 178 valence electrons. The van der Waals surface area contributed by atoms with Crippen LogP contribution in [-0.2, 0) is 13.0 Å². The maximum absolute atomic E-state index is 13.9. The highest BCUT2D eigenvalue weighted by molar-refractivity contribution is 6.30. The molecule has 0 aliphatic heterocycles. The molecule has 0 N–H and O–H groups in total. The number of halogens is 1. The van der Waals surface area contributed by atoms with Crippen LogP contribution in [0.25, 0.3) is 33.2 Å². The van der Waals surface area contributed by atoms with E-state index in [9.17, 15) is 4.79 Å². The molecule has 3 aromatic carbocycles. The molecule has 0 saturated carbocycles. The van der Waals surface area contributed by atoms with E-state index in [-0.39, 0.29) is 11.6 Å². The number of aryl methyl sites for hydroxylation is 1. The Kier molecular flexibility index (Phi) is 5.74. The lowest BCUT2D eigenvalue weighted by molar-refractivity contribution is 0.489. The van der Waals surface area contributed by atoms with Crippen LogP contribution in [0.1, 0.15) is 30.5 Å². The first-order chi connectivity index (χ1) is 17.6. The van der Waals surface area contributed by atoms with E-state index >= 15 is 0 Å². The number of para-hydroxylation sites is 2. The van der Waals surface area contributed by atoms with E-state index in [2.05, 4.69) is 19.1 Å². The lowest BCUT2D eigenvalue weighted by Crippen LogP contribution is -2.24. The number of hydrogen-bond acceptors (Lipinski definition) is 4. The van der Waals surface area contributed by atoms with Crippen LogP contribution in [0.2, 0.25) is 5.02 Å². The Balaban J connectivity index is 1.50. The zero-order chi connectivity index (χ0) is 24.6. The highest BCUT2D eigenvalue weighted by Gasteiger charge is 2.21. The van der Waals surface area contributed by atoms with Crippen LogP contribution in [0, 0.1) is 0 Å². The lowest BCUT2D eigenvalue weighted by Gasteiger charge is -2.15. The Hall–Kier alpha value is -4.03. The summed E-state index contributed by atoms with van der Waals surface area (Å²) in [4.78, 5) is 28.4. The zero-order valence-electron chi connectivity index (χ0n) is 19.8. The van der Waals surface area contributed by atoms with Gasteiger partial charge in [0.25, 0.3) is 5.56 Å². The van der Waals surface area contributed by atoms with Crippen molar-refractivity contribution in [2.75, 3.05) is 0 Å². The van der Waals surface area contributed by atoms with Gasteiger partial charge in [-0.3, -0.25) is 9.36 Å². The molecule has 0 radical (unpaired) electrons. The summed E-state index contributed by atoms with van der Waals surface area (Å²) in [5.41, 5.74) is 5.55. The van der Waals surface area contributed by atoms with Crippen LogP contribution in [-0.4, -0.2) is 24.1 Å². The molecule has 3 aromatic heterocycles. The fraction of sp³-hybridized carbons (Fsp3) is 0.172. The van der Waals surface area contributed by atoms with Gasteiger partial charge in [0.05, 0.1) is 17.6 Å². The summed E-state index contributed by atoms with van der Waals surface area (Å²) in [7, 11) is 0. The summed E-state index contributed by atoms with van der Waals surface area (Å²) in [6, 6.07) is 25.7. The molecule has 0 bridgehead atoms. The predicted octanol–water partition coefficient (Wildman–Crippen LogP) is 6.19. The number of hydrogen-bond donors (Lipinski definition) is 0. The summed E-state index contributed by atoms with van der Waals surface area (Å²) in [5.74, 6) is 0. The van der Waals surface area contributed by atoms with Gasteiger partial charge in [-0.15, -0.1) is 0 Å². The van der Waals surface area contributed by atoms with Gasteiger partial charge in [-0.1, -0.05) is 66.2 Å². The van der Waals surface area contributed by atoms with Crippen LogP contribution in [0.5, 0.6) is 0 Å². The van der Waals surface area contributed by atoms with Gasteiger partial charge in [0.2, 0.25) is 0 Å². The molecule has 0 aliphatic carbocycles. The summed E-state index contributed by atoms with van der Waals surface area (Å²) >= 11 is 6.10. The minimum atomic E-state index is -0.0926. The van der Waals surface area contributed by atoms with E-state index in [0.29, 0.717) is 33.8 Å². The molecule has 6 nitrogen and oxygen atoms in total. The normalized spacial score (nSPS) is 12.5. The van der Waals surface area contributed by atoms with E-state index in [0.717, 1.165) is 29.4 Å². The molecule has 6 rings (SSSR count). The van der Waals surface area contributed by atoms with Crippen molar-refractivity contribution in [2.45, 2.75) is 32.4 Å². The van der Waals surface area contributed by atoms with Crippen LogP contribution in [0.15, 0.2) is 90.0 Å². The third kappa shape index (κ3) is 4.03. The van der Waals surface area contributed by atoms with Crippen molar-refractivity contribution in [1.82, 2.24) is 24.1 Å². The highest BCUT2D eigenvalue weighted by atomic mass is 35.5. The summed E-state index contributed by atoms with van der Waals surface area (Å²) in [6.07, 6.45) is 3.38. The molecule has 1 atom stereocenters. The Labute approximate surface area is 212 Å². The molecule has 0 aliphatic rings. The number of benzene rings is 3. The molecule has 36 heavy (non-hydrogen) atoms. The van der Waals surface area contributed by atoms with E-state index in [1.807, 2.05) is 71.3 Å². The average molecular weight is 494 g/mol. The van der Waals surface area contributed by atoms with Crippen molar-refractivity contribution in [3.8, 4) is 0 Å². The Morgan fingerprint density at radius 3 is 2.28 bits per heavy atom. The van der Waals surface area contributed by atoms with E-state index in [4.69, 9.17) is 26.6 Å². The quantitative estimate of drug-likeness (QED) is 0.277. The molecule has 0 amide bonds. The summed E-state index contributed by atoms with van der Waals surface area (Å²) in [5, 5.41) is 1.18.